The van der Waals surface area contributed by atoms with Crippen LogP contribution in [0.5, 0.6) is 0 Å². The Bertz CT molecular complexity index is 1110. The van der Waals surface area contributed by atoms with E-state index in [-0.39, 0.29) is 30.3 Å². The van der Waals surface area contributed by atoms with Crippen LogP contribution in [0.3, 0.4) is 0 Å². The molecule has 0 aliphatic heterocycles. The van der Waals surface area contributed by atoms with E-state index in [4.69, 9.17) is 4.74 Å². The molecule has 2 atom stereocenters. The number of hydrogen-bond donors (Lipinski definition) is 2. The molecular weight excluding hydrogens is 389 g/mol. The van der Waals surface area contributed by atoms with E-state index < -0.39 is 18.0 Å². The van der Waals surface area contributed by atoms with Crippen LogP contribution in [-0.2, 0) is 20.7 Å². The van der Waals surface area contributed by atoms with Gasteiger partial charge in [0.05, 0.1) is 23.4 Å². The standard InChI is InChI=1S/C22H22FN3O4/c1-13(15-7-9-16(23)10-8-15)24-21(28)14(2)30-20(27)12-11-19-25-18-6-4-3-5-17(18)22(29)26-19/h3-10,13-14H,11-12H2,1-2H3,(H,24,28)(H,25,26,29)/t13-,14-/m0/s1. The average Bonchev–Trinajstić information content (AvgIpc) is 2.72. The molecule has 0 fully saturated rings. The zero-order valence-corrected chi connectivity index (χ0v) is 16.6. The van der Waals surface area contributed by atoms with Crippen molar-refractivity contribution >= 4 is 22.8 Å². The second kappa shape index (κ2) is 9.30. The van der Waals surface area contributed by atoms with Gasteiger partial charge in [0.25, 0.3) is 11.5 Å². The van der Waals surface area contributed by atoms with Gasteiger partial charge >= 0.3 is 5.97 Å². The van der Waals surface area contributed by atoms with E-state index in [2.05, 4.69) is 15.3 Å². The lowest BCUT2D eigenvalue weighted by Gasteiger charge is -2.18. The number of rotatable bonds is 7. The Balaban J connectivity index is 1.52. The number of para-hydroxylation sites is 1. The smallest absolute Gasteiger partial charge is 0.307 e. The van der Waals surface area contributed by atoms with Crippen LogP contribution in [-0.4, -0.2) is 27.9 Å². The molecule has 156 valence electrons. The first kappa shape index (κ1) is 21.2. The Morgan fingerprint density at radius 2 is 1.83 bits per heavy atom. The van der Waals surface area contributed by atoms with Crippen LogP contribution in [0.4, 0.5) is 4.39 Å². The van der Waals surface area contributed by atoms with Crippen LogP contribution in [0.2, 0.25) is 0 Å². The molecule has 0 saturated carbocycles. The number of aryl methyl sites for hydroxylation is 1. The molecule has 0 bridgehead atoms. The van der Waals surface area contributed by atoms with Gasteiger partial charge < -0.3 is 15.0 Å². The molecule has 1 amide bonds. The molecule has 0 aliphatic carbocycles. The molecule has 7 nitrogen and oxygen atoms in total. The predicted octanol–water partition coefficient (Wildman–Crippen LogP) is 2.80. The van der Waals surface area contributed by atoms with Crippen molar-refractivity contribution in [2.24, 2.45) is 0 Å². The Hall–Kier alpha value is -3.55. The maximum Gasteiger partial charge on any atom is 0.307 e. The summed E-state index contributed by atoms with van der Waals surface area (Å²) in [6.45, 7) is 3.22. The van der Waals surface area contributed by atoms with E-state index in [1.54, 1.807) is 43.3 Å². The van der Waals surface area contributed by atoms with Gasteiger partial charge in [0.2, 0.25) is 0 Å². The molecule has 30 heavy (non-hydrogen) atoms. The third-order valence-corrected chi connectivity index (χ3v) is 4.63. The minimum Gasteiger partial charge on any atom is -0.453 e. The first-order valence-electron chi connectivity index (χ1n) is 9.56. The molecule has 0 aliphatic rings. The normalized spacial score (nSPS) is 12.9. The largest absolute Gasteiger partial charge is 0.453 e. The number of aromatic amines is 1. The molecule has 0 saturated heterocycles. The fraction of sp³-hybridized carbons (Fsp3) is 0.273. The highest BCUT2D eigenvalue weighted by Crippen LogP contribution is 2.13. The number of amides is 1. The number of nitrogens with one attached hydrogen (secondary N) is 2. The number of fused-ring (bicyclic) bond motifs is 1. The van der Waals surface area contributed by atoms with Crippen LogP contribution in [0.25, 0.3) is 10.9 Å². The van der Waals surface area contributed by atoms with E-state index in [1.165, 1.54) is 19.1 Å². The third-order valence-electron chi connectivity index (χ3n) is 4.63. The zero-order chi connectivity index (χ0) is 21.7. The van der Waals surface area contributed by atoms with Crippen molar-refractivity contribution < 1.29 is 18.7 Å². The van der Waals surface area contributed by atoms with E-state index in [9.17, 15) is 18.8 Å². The van der Waals surface area contributed by atoms with Crippen molar-refractivity contribution in [2.45, 2.75) is 38.8 Å². The molecule has 2 aromatic carbocycles. The summed E-state index contributed by atoms with van der Waals surface area (Å²) in [5.74, 6) is -1.03. The summed E-state index contributed by atoms with van der Waals surface area (Å²) in [7, 11) is 0. The fourth-order valence-corrected chi connectivity index (χ4v) is 2.95. The molecule has 1 heterocycles. The predicted molar refractivity (Wildman–Crippen MR) is 109 cm³/mol. The summed E-state index contributed by atoms with van der Waals surface area (Å²) in [4.78, 5) is 43.4. The second-order valence-corrected chi connectivity index (χ2v) is 6.94. The molecule has 8 heteroatoms. The lowest BCUT2D eigenvalue weighted by atomic mass is 10.1. The summed E-state index contributed by atoms with van der Waals surface area (Å²) in [6.07, 6.45) is -0.852. The van der Waals surface area contributed by atoms with Crippen molar-refractivity contribution in [3.63, 3.8) is 0 Å². The Morgan fingerprint density at radius 1 is 1.13 bits per heavy atom. The highest BCUT2D eigenvalue weighted by atomic mass is 19.1. The van der Waals surface area contributed by atoms with Gasteiger partial charge in [-0.25, -0.2) is 9.37 Å². The number of H-pyrrole nitrogens is 1. The summed E-state index contributed by atoms with van der Waals surface area (Å²) in [5.41, 5.74) is 1.01. The van der Waals surface area contributed by atoms with E-state index in [0.717, 1.165) is 5.56 Å². The molecule has 0 radical (unpaired) electrons. The van der Waals surface area contributed by atoms with E-state index >= 15 is 0 Å². The second-order valence-electron chi connectivity index (χ2n) is 6.94. The average molecular weight is 411 g/mol. The molecule has 3 rings (SSSR count). The lowest BCUT2D eigenvalue weighted by molar-refractivity contribution is -0.155. The topological polar surface area (TPSA) is 101 Å². The molecule has 0 unspecified atom stereocenters. The highest BCUT2D eigenvalue weighted by Gasteiger charge is 2.20. The summed E-state index contributed by atoms with van der Waals surface area (Å²) < 4.78 is 18.2. The first-order valence-corrected chi connectivity index (χ1v) is 9.56. The number of aromatic nitrogens is 2. The van der Waals surface area contributed by atoms with Crippen molar-refractivity contribution in [1.82, 2.24) is 15.3 Å². The number of hydrogen-bond acceptors (Lipinski definition) is 5. The van der Waals surface area contributed by atoms with Crippen LogP contribution >= 0.6 is 0 Å². The number of nitrogens with zero attached hydrogens (tertiary/aromatic N) is 1. The number of carbonyl (C=O) groups excluding carboxylic acids is 2. The van der Waals surface area contributed by atoms with Gasteiger partial charge in [-0.3, -0.25) is 14.4 Å². The van der Waals surface area contributed by atoms with E-state index in [0.29, 0.717) is 16.7 Å². The van der Waals surface area contributed by atoms with Crippen LogP contribution < -0.4 is 10.9 Å². The van der Waals surface area contributed by atoms with E-state index in [1.807, 2.05) is 0 Å². The number of halogens is 1. The van der Waals surface area contributed by atoms with Gasteiger partial charge in [-0.05, 0) is 43.7 Å². The van der Waals surface area contributed by atoms with Gasteiger partial charge in [-0.15, -0.1) is 0 Å². The van der Waals surface area contributed by atoms with Crippen molar-refractivity contribution in [3.05, 3.63) is 76.1 Å². The van der Waals surface area contributed by atoms with Gasteiger partial charge in [0.1, 0.15) is 11.6 Å². The summed E-state index contributed by atoms with van der Waals surface area (Å²) in [6, 6.07) is 12.3. The minimum absolute atomic E-state index is 0.0353. The number of ether oxygens (including phenoxy) is 1. The monoisotopic (exact) mass is 411 g/mol. The number of esters is 1. The Labute approximate surface area is 172 Å². The molecule has 0 spiro atoms. The maximum atomic E-state index is 13.0. The minimum atomic E-state index is -0.996. The first-order chi connectivity index (χ1) is 14.3. The maximum absolute atomic E-state index is 13.0. The quantitative estimate of drug-likeness (QED) is 0.582. The fourth-order valence-electron chi connectivity index (χ4n) is 2.95. The van der Waals surface area contributed by atoms with Gasteiger partial charge in [0.15, 0.2) is 6.10 Å². The zero-order valence-electron chi connectivity index (χ0n) is 16.6. The lowest BCUT2D eigenvalue weighted by Crippen LogP contribution is -2.37. The van der Waals surface area contributed by atoms with Gasteiger partial charge in [-0.2, -0.15) is 0 Å². The Morgan fingerprint density at radius 3 is 2.57 bits per heavy atom. The van der Waals surface area contributed by atoms with Crippen molar-refractivity contribution in [3.8, 4) is 0 Å². The van der Waals surface area contributed by atoms with Crippen molar-refractivity contribution in [1.29, 1.82) is 0 Å². The van der Waals surface area contributed by atoms with Crippen molar-refractivity contribution in [2.75, 3.05) is 0 Å². The molecule has 2 N–H and O–H groups in total. The Kier molecular flexibility index (Phi) is 6.56. The molecule has 3 aromatic rings. The summed E-state index contributed by atoms with van der Waals surface area (Å²) in [5, 5.41) is 3.20. The van der Waals surface area contributed by atoms with Crippen LogP contribution in [0.15, 0.2) is 53.3 Å². The molecule has 1 aromatic heterocycles. The highest BCUT2D eigenvalue weighted by molar-refractivity contribution is 5.83. The van der Waals surface area contributed by atoms with Gasteiger partial charge in [0, 0.05) is 6.42 Å². The number of carbonyl (C=O) groups is 2. The molecular formula is C22H22FN3O4. The van der Waals surface area contributed by atoms with Crippen LogP contribution in [0, 0.1) is 5.82 Å². The third kappa shape index (κ3) is 5.28. The SMILES string of the molecule is C[C@H](OC(=O)CCc1nc2ccccc2c(=O)[nH]1)C(=O)N[C@@H](C)c1ccc(F)cc1. The van der Waals surface area contributed by atoms with Crippen LogP contribution in [0.1, 0.15) is 37.7 Å². The van der Waals surface area contributed by atoms with Gasteiger partial charge in [-0.1, -0.05) is 24.3 Å². The number of benzene rings is 2. The summed E-state index contributed by atoms with van der Waals surface area (Å²) >= 11 is 0.